The number of hydrogen-bond donors (Lipinski definition) is 3. The van der Waals surface area contributed by atoms with Crippen molar-refractivity contribution in [1.29, 1.82) is 0 Å². The van der Waals surface area contributed by atoms with E-state index < -0.39 is 5.60 Å². The summed E-state index contributed by atoms with van der Waals surface area (Å²) in [4.78, 5) is 7.06. The van der Waals surface area contributed by atoms with Gasteiger partial charge < -0.3 is 15.7 Å². The predicted octanol–water partition coefficient (Wildman–Crippen LogP) is 3.02. The lowest BCUT2D eigenvalue weighted by Gasteiger charge is -2.30. The van der Waals surface area contributed by atoms with Gasteiger partial charge in [-0.1, -0.05) is 0 Å². The fraction of sp³-hybridized carbons (Fsp3) is 0.737. The summed E-state index contributed by atoms with van der Waals surface area (Å²) < 4.78 is 0. The number of guanidine groups is 1. The van der Waals surface area contributed by atoms with Crippen molar-refractivity contribution in [1.82, 2.24) is 15.5 Å². The van der Waals surface area contributed by atoms with E-state index >= 15 is 0 Å². The Bertz CT molecular complexity index is 490. The second kappa shape index (κ2) is 10.8. The molecule has 0 radical (unpaired) electrons. The third-order valence-electron chi connectivity index (χ3n) is 4.24. The van der Waals surface area contributed by atoms with Crippen LogP contribution in [0.5, 0.6) is 0 Å². The lowest BCUT2D eigenvalue weighted by atomic mass is 10.00. The van der Waals surface area contributed by atoms with E-state index in [0.717, 1.165) is 37.6 Å². The van der Waals surface area contributed by atoms with Gasteiger partial charge in [-0.2, -0.15) is 11.3 Å². The maximum absolute atomic E-state index is 10.6. The van der Waals surface area contributed by atoms with Crippen LogP contribution < -0.4 is 10.6 Å². The van der Waals surface area contributed by atoms with Crippen molar-refractivity contribution in [2.45, 2.75) is 65.6 Å². The molecule has 0 aliphatic heterocycles. The van der Waals surface area contributed by atoms with Crippen LogP contribution in [0.15, 0.2) is 21.8 Å². The van der Waals surface area contributed by atoms with Crippen LogP contribution in [0.3, 0.4) is 0 Å². The molecule has 0 amide bonds. The van der Waals surface area contributed by atoms with E-state index in [-0.39, 0.29) is 0 Å². The summed E-state index contributed by atoms with van der Waals surface area (Å²) in [5.74, 6) is 0.763. The molecule has 0 aliphatic carbocycles. The second-order valence-electron chi connectivity index (χ2n) is 7.19. The lowest BCUT2D eigenvalue weighted by Crippen LogP contribution is -2.42. The van der Waals surface area contributed by atoms with E-state index in [1.165, 1.54) is 0 Å². The molecule has 3 N–H and O–H groups in total. The Kier molecular flexibility index (Phi) is 9.46. The third-order valence-corrected chi connectivity index (χ3v) is 4.93. The Labute approximate surface area is 157 Å². The zero-order valence-corrected chi connectivity index (χ0v) is 17.5. The molecule has 1 rings (SSSR count). The summed E-state index contributed by atoms with van der Waals surface area (Å²) in [6.07, 6.45) is 1.06. The standard InChI is InChI=1S/C19H36N4OS/c1-7-20-18(21-10-8-11-23(15(2)3)16(4)5)22-14-19(6,24)17-9-12-25-13-17/h9,12-13,15-16,24H,7-8,10-11,14H2,1-6H3,(H2,20,21,22). The summed E-state index contributed by atoms with van der Waals surface area (Å²) in [6, 6.07) is 3.07. The van der Waals surface area contributed by atoms with Crippen molar-refractivity contribution in [2.24, 2.45) is 4.99 Å². The van der Waals surface area contributed by atoms with E-state index in [9.17, 15) is 5.11 Å². The summed E-state index contributed by atoms with van der Waals surface area (Å²) in [7, 11) is 0. The molecular formula is C19H36N4OS. The van der Waals surface area contributed by atoms with Crippen molar-refractivity contribution in [3.8, 4) is 0 Å². The number of aliphatic hydroxyl groups is 1. The van der Waals surface area contributed by atoms with Gasteiger partial charge in [-0.25, -0.2) is 4.99 Å². The van der Waals surface area contributed by atoms with E-state index in [4.69, 9.17) is 0 Å². The van der Waals surface area contributed by atoms with Gasteiger partial charge in [0.1, 0.15) is 5.60 Å². The van der Waals surface area contributed by atoms with Gasteiger partial charge in [0.25, 0.3) is 0 Å². The SMILES string of the molecule is CCNC(=NCC(C)(O)c1ccsc1)NCCCN(C(C)C)C(C)C. The van der Waals surface area contributed by atoms with E-state index in [2.05, 4.69) is 48.2 Å². The highest BCUT2D eigenvalue weighted by Crippen LogP contribution is 2.23. The van der Waals surface area contributed by atoms with Gasteiger partial charge in [0.2, 0.25) is 0 Å². The van der Waals surface area contributed by atoms with Crippen LogP contribution in [0.4, 0.5) is 0 Å². The number of nitrogens with zero attached hydrogens (tertiary/aromatic N) is 2. The van der Waals surface area contributed by atoms with Crippen LogP contribution in [0.25, 0.3) is 0 Å². The molecule has 0 bridgehead atoms. The molecule has 1 aromatic heterocycles. The summed E-state index contributed by atoms with van der Waals surface area (Å²) in [6.45, 7) is 15.9. The maximum Gasteiger partial charge on any atom is 0.191 e. The number of aliphatic imine (C=N–C) groups is 1. The maximum atomic E-state index is 10.6. The highest BCUT2D eigenvalue weighted by atomic mass is 32.1. The fourth-order valence-electron chi connectivity index (χ4n) is 2.82. The molecule has 0 fully saturated rings. The van der Waals surface area contributed by atoms with Gasteiger partial charge in [-0.05, 0) is 70.4 Å². The summed E-state index contributed by atoms with van der Waals surface area (Å²) in [5, 5.41) is 21.2. The molecule has 1 aromatic rings. The topological polar surface area (TPSA) is 59.9 Å². The third kappa shape index (κ3) is 7.75. The van der Waals surface area contributed by atoms with Gasteiger partial charge in [-0.3, -0.25) is 4.90 Å². The van der Waals surface area contributed by atoms with E-state index in [1.54, 1.807) is 11.3 Å². The molecule has 1 heterocycles. The highest BCUT2D eigenvalue weighted by molar-refractivity contribution is 7.08. The molecule has 0 saturated carbocycles. The number of hydrogen-bond acceptors (Lipinski definition) is 4. The predicted molar refractivity (Wildman–Crippen MR) is 109 cm³/mol. The molecular weight excluding hydrogens is 332 g/mol. The number of thiophene rings is 1. The second-order valence-corrected chi connectivity index (χ2v) is 7.97. The smallest absolute Gasteiger partial charge is 0.191 e. The minimum Gasteiger partial charge on any atom is -0.383 e. The van der Waals surface area contributed by atoms with Crippen LogP contribution in [-0.2, 0) is 5.60 Å². The number of rotatable bonds is 10. The van der Waals surface area contributed by atoms with Gasteiger partial charge >= 0.3 is 0 Å². The minimum atomic E-state index is -0.936. The molecule has 0 aromatic carbocycles. The monoisotopic (exact) mass is 368 g/mol. The first-order valence-corrected chi connectivity index (χ1v) is 10.2. The van der Waals surface area contributed by atoms with Gasteiger partial charge in [0, 0.05) is 31.7 Å². The zero-order valence-electron chi connectivity index (χ0n) is 16.7. The molecule has 1 unspecified atom stereocenters. The molecule has 25 heavy (non-hydrogen) atoms. The van der Waals surface area contributed by atoms with Crippen LogP contribution in [0.1, 0.15) is 53.5 Å². The van der Waals surface area contributed by atoms with E-state index in [1.807, 2.05) is 30.7 Å². The van der Waals surface area contributed by atoms with Crippen molar-refractivity contribution in [3.05, 3.63) is 22.4 Å². The van der Waals surface area contributed by atoms with Gasteiger partial charge in [0.05, 0.1) is 6.54 Å². The minimum absolute atomic E-state index is 0.336. The van der Waals surface area contributed by atoms with Crippen LogP contribution >= 0.6 is 11.3 Å². The fourth-order valence-corrected chi connectivity index (χ4v) is 3.60. The Hall–Kier alpha value is -1.11. The summed E-state index contributed by atoms with van der Waals surface area (Å²) >= 11 is 1.59. The highest BCUT2D eigenvalue weighted by Gasteiger charge is 2.23. The van der Waals surface area contributed by atoms with Crippen LogP contribution in [0.2, 0.25) is 0 Å². The Morgan fingerprint density at radius 2 is 1.96 bits per heavy atom. The quantitative estimate of drug-likeness (QED) is 0.337. The van der Waals surface area contributed by atoms with Gasteiger partial charge in [0.15, 0.2) is 5.96 Å². The summed E-state index contributed by atoms with van der Waals surface area (Å²) in [5.41, 5.74) is -0.0179. The van der Waals surface area contributed by atoms with Crippen LogP contribution in [0, 0.1) is 0 Å². The molecule has 0 spiro atoms. The van der Waals surface area contributed by atoms with E-state index in [0.29, 0.717) is 18.6 Å². The first-order valence-electron chi connectivity index (χ1n) is 9.31. The molecule has 0 saturated heterocycles. The Balaban J connectivity index is 2.51. The molecule has 5 nitrogen and oxygen atoms in total. The average molecular weight is 369 g/mol. The molecule has 0 aliphatic rings. The Morgan fingerprint density at radius 3 is 2.48 bits per heavy atom. The first kappa shape index (κ1) is 21.9. The average Bonchev–Trinajstić information content (AvgIpc) is 3.06. The number of nitrogens with one attached hydrogen (secondary N) is 2. The van der Waals surface area contributed by atoms with Crippen molar-refractivity contribution < 1.29 is 5.11 Å². The van der Waals surface area contributed by atoms with Crippen LogP contribution in [-0.4, -0.2) is 54.2 Å². The normalized spacial score (nSPS) is 15.0. The lowest BCUT2D eigenvalue weighted by molar-refractivity contribution is 0.0677. The zero-order chi connectivity index (χ0) is 18.9. The van der Waals surface area contributed by atoms with Crippen molar-refractivity contribution in [2.75, 3.05) is 26.2 Å². The molecule has 144 valence electrons. The van der Waals surface area contributed by atoms with Crippen molar-refractivity contribution in [3.63, 3.8) is 0 Å². The molecule has 6 heteroatoms. The molecule has 1 atom stereocenters. The van der Waals surface area contributed by atoms with Gasteiger partial charge in [-0.15, -0.1) is 0 Å². The largest absolute Gasteiger partial charge is 0.383 e. The Morgan fingerprint density at radius 1 is 1.28 bits per heavy atom. The van der Waals surface area contributed by atoms with Crippen molar-refractivity contribution >= 4 is 17.3 Å². The first-order chi connectivity index (χ1) is 11.8.